The van der Waals surface area contributed by atoms with Crippen molar-refractivity contribution in [2.45, 2.75) is 24.7 Å². The first kappa shape index (κ1) is 38.3. The van der Waals surface area contributed by atoms with Crippen LogP contribution in [0.5, 0.6) is 0 Å². The Morgan fingerprint density at radius 1 is 0.455 bits per heavy atom. The van der Waals surface area contributed by atoms with Gasteiger partial charge in [0.2, 0.25) is 0 Å². The van der Waals surface area contributed by atoms with Crippen LogP contribution >= 0.6 is 0 Å². The summed E-state index contributed by atoms with van der Waals surface area (Å²) in [6, 6.07) is 75.9. The lowest BCUT2D eigenvalue weighted by molar-refractivity contribution is 0.660. The van der Waals surface area contributed by atoms with Crippen LogP contribution in [-0.4, -0.2) is 0 Å². The summed E-state index contributed by atoms with van der Waals surface area (Å²) in [7, 11) is 0. The summed E-state index contributed by atoms with van der Waals surface area (Å²) in [4.78, 5) is 2.42. The van der Waals surface area contributed by atoms with Crippen LogP contribution in [0.2, 0.25) is 0 Å². The molecule has 1 atom stereocenters. The largest absolute Gasteiger partial charge is 0.455 e. The number of hydrogen-bond donors (Lipinski definition) is 0. The zero-order valence-electron chi connectivity index (χ0n) is 36.9. The van der Waals surface area contributed by atoms with Crippen LogP contribution in [0.25, 0.3) is 66.5 Å². The van der Waals surface area contributed by atoms with E-state index in [-0.39, 0.29) is 5.41 Å². The van der Waals surface area contributed by atoms with Gasteiger partial charge in [0.05, 0.1) is 5.41 Å². The number of hydrogen-bond acceptors (Lipinski definition) is 2. The Balaban J connectivity index is 1.02. The molecule has 1 heterocycles. The Morgan fingerprint density at radius 2 is 1.03 bits per heavy atom. The van der Waals surface area contributed by atoms with Gasteiger partial charge in [-0.2, -0.15) is 0 Å². The molecule has 3 aliphatic carbocycles. The van der Waals surface area contributed by atoms with Crippen LogP contribution in [0.15, 0.2) is 235 Å². The Hall–Kier alpha value is -8.20. The van der Waals surface area contributed by atoms with Crippen LogP contribution in [0.1, 0.15) is 52.8 Å². The van der Waals surface area contributed by atoms with Gasteiger partial charge in [-0.15, -0.1) is 0 Å². The third-order valence-electron chi connectivity index (χ3n) is 14.7. The molecule has 2 nitrogen and oxygen atoms in total. The summed E-state index contributed by atoms with van der Waals surface area (Å²) in [6.45, 7) is 8.83. The van der Waals surface area contributed by atoms with Gasteiger partial charge in [-0.1, -0.05) is 202 Å². The minimum atomic E-state index is -0.606. The second-order valence-electron chi connectivity index (χ2n) is 18.4. The molecule has 13 rings (SSSR count). The maximum Gasteiger partial charge on any atom is 0.143 e. The van der Waals surface area contributed by atoms with Gasteiger partial charge in [0, 0.05) is 38.8 Å². The lowest BCUT2D eigenvalue weighted by Crippen LogP contribution is -2.26. The van der Waals surface area contributed by atoms with Gasteiger partial charge in [-0.25, -0.2) is 0 Å². The van der Waals surface area contributed by atoms with Crippen LogP contribution in [0, 0.1) is 0 Å². The minimum Gasteiger partial charge on any atom is -0.455 e. The maximum absolute atomic E-state index is 6.84. The van der Waals surface area contributed by atoms with E-state index in [2.05, 4.69) is 244 Å². The molecule has 9 aromatic carbocycles. The highest BCUT2D eigenvalue weighted by atomic mass is 16.3. The summed E-state index contributed by atoms with van der Waals surface area (Å²) in [5.41, 5.74) is 23.2. The Bertz CT molecular complexity index is 3680. The van der Waals surface area contributed by atoms with E-state index in [1.807, 2.05) is 6.08 Å². The lowest BCUT2D eigenvalue weighted by atomic mass is 9.68. The number of benzene rings is 9. The van der Waals surface area contributed by atoms with E-state index in [9.17, 15) is 0 Å². The van der Waals surface area contributed by atoms with Gasteiger partial charge in [0.1, 0.15) is 11.2 Å². The van der Waals surface area contributed by atoms with E-state index in [1.54, 1.807) is 0 Å². The molecule has 312 valence electrons. The second-order valence-corrected chi connectivity index (χ2v) is 18.4. The van der Waals surface area contributed by atoms with Crippen molar-refractivity contribution in [2.24, 2.45) is 0 Å². The molecule has 1 aromatic heterocycles. The number of nitrogens with zero attached hydrogens (tertiary/aromatic N) is 1. The molecule has 2 heteroatoms. The van der Waals surface area contributed by atoms with Gasteiger partial charge >= 0.3 is 0 Å². The van der Waals surface area contributed by atoms with Crippen molar-refractivity contribution < 1.29 is 4.42 Å². The highest BCUT2D eigenvalue weighted by molar-refractivity contribution is 6.17. The molecular weight excluding hydrogens is 799 g/mol. The van der Waals surface area contributed by atoms with E-state index < -0.39 is 5.41 Å². The maximum atomic E-state index is 6.84. The van der Waals surface area contributed by atoms with Gasteiger partial charge in [0.25, 0.3) is 0 Å². The van der Waals surface area contributed by atoms with Crippen LogP contribution < -0.4 is 4.90 Å². The molecule has 0 aliphatic heterocycles. The topological polar surface area (TPSA) is 16.4 Å². The fourth-order valence-corrected chi connectivity index (χ4v) is 11.8. The molecule has 10 aromatic rings. The van der Waals surface area contributed by atoms with Crippen molar-refractivity contribution >= 4 is 50.1 Å². The third kappa shape index (κ3) is 5.30. The monoisotopic (exact) mass is 843 g/mol. The van der Waals surface area contributed by atoms with Crippen molar-refractivity contribution in [2.75, 3.05) is 4.90 Å². The second kappa shape index (κ2) is 14.4. The normalized spacial score (nSPS) is 16.2. The van der Waals surface area contributed by atoms with Gasteiger partial charge < -0.3 is 9.32 Å². The Labute approximate surface area is 385 Å². The number of rotatable bonds is 7. The Kier molecular flexibility index (Phi) is 8.35. The van der Waals surface area contributed by atoms with Gasteiger partial charge in [-0.05, 0) is 120 Å². The lowest BCUT2D eigenvalue weighted by Gasteiger charge is -2.33. The van der Waals surface area contributed by atoms with E-state index in [0.29, 0.717) is 0 Å². The minimum absolute atomic E-state index is 0.135. The first-order valence-corrected chi connectivity index (χ1v) is 23.0. The number of anilines is 3. The van der Waals surface area contributed by atoms with Crippen molar-refractivity contribution in [1.29, 1.82) is 0 Å². The van der Waals surface area contributed by atoms with Crippen LogP contribution in [0.3, 0.4) is 0 Å². The molecule has 0 saturated heterocycles. The summed E-state index contributed by atoms with van der Waals surface area (Å²) >= 11 is 0. The zero-order valence-corrected chi connectivity index (χ0v) is 36.9. The number of furan rings is 1. The molecule has 0 radical (unpaired) electrons. The molecule has 0 fully saturated rings. The predicted octanol–water partition coefficient (Wildman–Crippen LogP) is 17.0. The molecule has 1 spiro atoms. The van der Waals surface area contributed by atoms with Crippen molar-refractivity contribution in [3.8, 4) is 33.4 Å². The fraction of sp³-hybridized carbons (Fsp3) is 0.0625. The molecule has 0 amide bonds. The molecular formula is C64H45NO. The Morgan fingerprint density at radius 3 is 1.77 bits per heavy atom. The van der Waals surface area contributed by atoms with Gasteiger partial charge in [-0.3, -0.25) is 0 Å². The highest BCUT2D eigenvalue weighted by Gasteiger charge is 2.54. The first-order chi connectivity index (χ1) is 32.5. The zero-order chi connectivity index (χ0) is 44.1. The van der Waals surface area contributed by atoms with E-state index in [1.165, 1.54) is 77.9 Å². The fourth-order valence-electron chi connectivity index (χ4n) is 11.8. The molecule has 66 heavy (non-hydrogen) atoms. The summed E-state index contributed by atoms with van der Waals surface area (Å²) in [5.74, 6) is 0. The number of para-hydroxylation sites is 1. The average Bonchev–Trinajstić information content (AvgIpc) is 4.06. The molecule has 1 unspecified atom stereocenters. The summed E-state index contributed by atoms with van der Waals surface area (Å²) in [5, 5.41) is 2.28. The first-order valence-electron chi connectivity index (χ1n) is 23.0. The van der Waals surface area contributed by atoms with Crippen molar-refractivity contribution in [3.05, 3.63) is 270 Å². The van der Waals surface area contributed by atoms with E-state index in [4.69, 9.17) is 4.42 Å². The summed E-state index contributed by atoms with van der Waals surface area (Å²) < 4.78 is 6.84. The highest BCUT2D eigenvalue weighted by Crippen LogP contribution is 2.66. The average molecular weight is 844 g/mol. The number of fused-ring (bicyclic) bond motifs is 14. The standard InChI is InChI=1S/C64H45NO/c1-4-5-19-51-48-21-10-14-25-55(48)64(56-26-15-11-23-53(56)60-57(64)39-38-52-50-22-12-16-27-59(50)66-62(52)60)61(51)43-30-34-45(35-31-43)65(44-32-28-42(29-33-44)41-17-7-6-8-18-41)46-36-37-49-47-20-9-13-24-54(47)63(2,3)58(49)40-46/h4-40H,1H2,2-3H3/b19-5-. The SMILES string of the molecule is C=C/C=C\C1=C(c2ccc(N(c3ccc(-c4ccccc4)cc3)c3ccc4c(c3)C(C)(C)c3ccccc3-4)cc2)C2(c3ccccc31)c1ccccc1-c1c2ccc2c1oc1ccccc12. The third-order valence-corrected chi connectivity index (χ3v) is 14.7. The number of allylic oxidation sites excluding steroid dienone is 5. The molecule has 3 aliphatic rings. The van der Waals surface area contributed by atoms with Gasteiger partial charge in [0.15, 0.2) is 0 Å². The van der Waals surface area contributed by atoms with Crippen molar-refractivity contribution in [3.63, 3.8) is 0 Å². The smallest absolute Gasteiger partial charge is 0.143 e. The van der Waals surface area contributed by atoms with Crippen molar-refractivity contribution in [1.82, 2.24) is 0 Å². The van der Waals surface area contributed by atoms with E-state index in [0.717, 1.165) is 44.6 Å². The van der Waals surface area contributed by atoms with Crippen LogP contribution in [-0.2, 0) is 10.8 Å². The molecule has 0 bridgehead atoms. The van der Waals surface area contributed by atoms with E-state index >= 15 is 0 Å². The van der Waals surface area contributed by atoms with Crippen LogP contribution in [0.4, 0.5) is 17.1 Å². The summed E-state index contributed by atoms with van der Waals surface area (Å²) in [6.07, 6.45) is 6.22. The molecule has 0 N–H and O–H groups in total. The predicted molar refractivity (Wildman–Crippen MR) is 276 cm³/mol. The quantitative estimate of drug-likeness (QED) is 0.149. The molecule has 0 saturated carbocycles.